The first kappa shape index (κ1) is 10.6. The molecule has 1 unspecified atom stereocenters. The van der Waals surface area contributed by atoms with Gasteiger partial charge in [-0.25, -0.2) is 0 Å². The summed E-state index contributed by atoms with van der Waals surface area (Å²) in [5.41, 5.74) is 2.99. The molecule has 16 heavy (non-hydrogen) atoms. The lowest BCUT2D eigenvalue weighted by Gasteiger charge is -2.56. The highest BCUT2D eigenvalue weighted by atomic mass is 15.2. The molecular formula is C14H22N2. The van der Waals surface area contributed by atoms with Gasteiger partial charge in [0.1, 0.15) is 0 Å². The van der Waals surface area contributed by atoms with Crippen LogP contribution in [0, 0.1) is 41.9 Å². The summed E-state index contributed by atoms with van der Waals surface area (Å²) in [6, 6.07) is 0.361. The van der Waals surface area contributed by atoms with Gasteiger partial charge in [0.05, 0.1) is 0 Å². The maximum absolute atomic E-state index is 5.69. The summed E-state index contributed by atoms with van der Waals surface area (Å²) in [5.74, 6) is 13.1. The molecule has 0 amide bonds. The number of hydrogen-bond acceptors (Lipinski definition) is 2. The van der Waals surface area contributed by atoms with Gasteiger partial charge in [-0.3, -0.25) is 11.3 Å². The number of hydrazine groups is 1. The van der Waals surface area contributed by atoms with Crippen molar-refractivity contribution >= 4 is 0 Å². The molecule has 4 aliphatic rings. The van der Waals surface area contributed by atoms with Crippen LogP contribution in [0.4, 0.5) is 0 Å². The predicted molar refractivity (Wildman–Crippen MR) is 65.1 cm³/mol. The molecule has 0 aromatic heterocycles. The summed E-state index contributed by atoms with van der Waals surface area (Å²) in [7, 11) is 0. The topological polar surface area (TPSA) is 38.0 Å². The van der Waals surface area contributed by atoms with Gasteiger partial charge in [0, 0.05) is 12.5 Å². The molecule has 0 aliphatic heterocycles. The second kappa shape index (κ2) is 4.05. The van der Waals surface area contributed by atoms with E-state index in [9.17, 15) is 0 Å². The van der Waals surface area contributed by atoms with Crippen LogP contribution in [0.1, 0.15) is 38.5 Å². The SMILES string of the molecule is C#CCC(NN)C1C2CC3CC(C2)CC1C3. The number of rotatable bonds is 3. The van der Waals surface area contributed by atoms with Crippen LogP contribution in [0.3, 0.4) is 0 Å². The van der Waals surface area contributed by atoms with Crippen molar-refractivity contribution < 1.29 is 0 Å². The van der Waals surface area contributed by atoms with Crippen molar-refractivity contribution in [2.45, 2.75) is 44.6 Å². The van der Waals surface area contributed by atoms with E-state index in [1.807, 2.05) is 0 Å². The van der Waals surface area contributed by atoms with Crippen molar-refractivity contribution in [1.29, 1.82) is 0 Å². The minimum atomic E-state index is 0.361. The van der Waals surface area contributed by atoms with Gasteiger partial charge in [-0.05, 0) is 61.7 Å². The van der Waals surface area contributed by atoms with Crippen molar-refractivity contribution in [2.24, 2.45) is 35.4 Å². The molecular weight excluding hydrogens is 196 g/mol. The Labute approximate surface area is 98.3 Å². The first-order valence-electron chi connectivity index (χ1n) is 6.71. The summed E-state index contributed by atoms with van der Waals surface area (Å²) in [4.78, 5) is 0. The summed E-state index contributed by atoms with van der Waals surface area (Å²) < 4.78 is 0. The van der Waals surface area contributed by atoms with Crippen LogP contribution in [0.25, 0.3) is 0 Å². The molecule has 0 spiro atoms. The lowest BCUT2D eigenvalue weighted by atomic mass is 9.50. The normalized spacial score (nSPS) is 46.6. The van der Waals surface area contributed by atoms with E-state index in [0.717, 1.165) is 36.0 Å². The van der Waals surface area contributed by atoms with Gasteiger partial charge in [0.2, 0.25) is 0 Å². The minimum absolute atomic E-state index is 0.361. The fourth-order valence-electron chi connectivity index (χ4n) is 5.06. The van der Waals surface area contributed by atoms with Crippen molar-refractivity contribution in [2.75, 3.05) is 0 Å². The molecule has 0 heterocycles. The molecule has 4 aliphatic carbocycles. The summed E-state index contributed by atoms with van der Waals surface area (Å²) in [6.45, 7) is 0. The van der Waals surface area contributed by atoms with Gasteiger partial charge in [0.25, 0.3) is 0 Å². The largest absolute Gasteiger partial charge is 0.271 e. The highest BCUT2D eigenvalue weighted by Gasteiger charge is 2.50. The fraction of sp³-hybridized carbons (Fsp3) is 0.857. The number of nitrogens with two attached hydrogens (primary N) is 1. The van der Waals surface area contributed by atoms with Gasteiger partial charge in [-0.15, -0.1) is 12.3 Å². The monoisotopic (exact) mass is 218 g/mol. The second-order valence-electron chi connectivity index (χ2n) is 6.19. The fourth-order valence-corrected chi connectivity index (χ4v) is 5.06. The predicted octanol–water partition coefficient (Wildman–Crippen LogP) is 1.91. The van der Waals surface area contributed by atoms with Crippen molar-refractivity contribution in [3.8, 4) is 12.3 Å². The molecule has 2 nitrogen and oxygen atoms in total. The minimum Gasteiger partial charge on any atom is -0.271 e. The van der Waals surface area contributed by atoms with Crippen LogP contribution in [0.15, 0.2) is 0 Å². The van der Waals surface area contributed by atoms with E-state index in [1.54, 1.807) is 0 Å². The second-order valence-corrected chi connectivity index (χ2v) is 6.19. The van der Waals surface area contributed by atoms with E-state index in [2.05, 4.69) is 11.3 Å². The third-order valence-corrected chi connectivity index (χ3v) is 5.32. The average Bonchev–Trinajstić information content (AvgIpc) is 2.26. The van der Waals surface area contributed by atoms with E-state index < -0.39 is 0 Å². The van der Waals surface area contributed by atoms with E-state index in [1.165, 1.54) is 32.1 Å². The van der Waals surface area contributed by atoms with Crippen LogP contribution in [-0.2, 0) is 0 Å². The molecule has 0 saturated heterocycles. The Balaban J connectivity index is 1.78. The average molecular weight is 218 g/mol. The van der Waals surface area contributed by atoms with Gasteiger partial charge in [-0.2, -0.15) is 0 Å². The third kappa shape index (κ3) is 1.58. The van der Waals surface area contributed by atoms with Gasteiger partial charge in [0.15, 0.2) is 0 Å². The van der Waals surface area contributed by atoms with Crippen LogP contribution < -0.4 is 11.3 Å². The molecule has 1 atom stereocenters. The lowest BCUT2D eigenvalue weighted by Crippen LogP contribution is -2.54. The molecule has 2 heteroatoms. The molecule has 4 saturated carbocycles. The van der Waals surface area contributed by atoms with Gasteiger partial charge < -0.3 is 0 Å². The number of hydrogen-bond donors (Lipinski definition) is 2. The Morgan fingerprint density at radius 2 is 1.69 bits per heavy atom. The molecule has 0 radical (unpaired) electrons. The Bertz CT molecular complexity index is 276. The first-order valence-corrected chi connectivity index (χ1v) is 6.71. The van der Waals surface area contributed by atoms with Gasteiger partial charge in [-0.1, -0.05) is 0 Å². The highest BCUT2D eigenvalue weighted by molar-refractivity contribution is 5.03. The zero-order valence-corrected chi connectivity index (χ0v) is 9.86. The first-order chi connectivity index (χ1) is 7.81. The van der Waals surface area contributed by atoms with Crippen molar-refractivity contribution in [3.05, 3.63) is 0 Å². The standard InChI is InChI=1S/C14H22N2/c1-2-3-13(16-15)14-11-5-9-4-10(7-11)8-12(14)6-9/h1,9-14,16H,3-8,15H2. The Morgan fingerprint density at radius 1 is 1.12 bits per heavy atom. The Kier molecular flexibility index (Phi) is 2.69. The maximum atomic E-state index is 5.69. The summed E-state index contributed by atoms with van der Waals surface area (Å²) >= 11 is 0. The zero-order chi connectivity index (χ0) is 11.1. The van der Waals surface area contributed by atoms with E-state index in [-0.39, 0.29) is 0 Å². The van der Waals surface area contributed by atoms with E-state index in [0.29, 0.717) is 6.04 Å². The van der Waals surface area contributed by atoms with E-state index in [4.69, 9.17) is 12.3 Å². The molecule has 3 N–H and O–H groups in total. The smallest absolute Gasteiger partial charge is 0.0353 e. The van der Waals surface area contributed by atoms with Crippen LogP contribution in [0.2, 0.25) is 0 Å². The molecule has 4 fully saturated rings. The maximum Gasteiger partial charge on any atom is 0.0353 e. The molecule has 0 aromatic rings. The van der Waals surface area contributed by atoms with Crippen LogP contribution in [0.5, 0.6) is 0 Å². The van der Waals surface area contributed by atoms with Crippen molar-refractivity contribution in [3.63, 3.8) is 0 Å². The van der Waals surface area contributed by atoms with Crippen LogP contribution >= 0.6 is 0 Å². The highest BCUT2D eigenvalue weighted by Crippen LogP contribution is 2.57. The summed E-state index contributed by atoms with van der Waals surface area (Å²) in [6.07, 6.45) is 13.5. The molecule has 88 valence electrons. The molecule has 4 bridgehead atoms. The molecule has 4 rings (SSSR count). The van der Waals surface area contributed by atoms with E-state index >= 15 is 0 Å². The molecule has 0 aromatic carbocycles. The lowest BCUT2D eigenvalue weighted by molar-refractivity contribution is -0.0511. The van der Waals surface area contributed by atoms with Gasteiger partial charge >= 0.3 is 0 Å². The number of nitrogens with one attached hydrogen (secondary N) is 1. The summed E-state index contributed by atoms with van der Waals surface area (Å²) in [5, 5.41) is 0. The quantitative estimate of drug-likeness (QED) is 0.431. The Hall–Kier alpha value is -0.520. The van der Waals surface area contributed by atoms with Crippen molar-refractivity contribution in [1.82, 2.24) is 5.43 Å². The zero-order valence-electron chi connectivity index (χ0n) is 9.86. The van der Waals surface area contributed by atoms with Crippen LogP contribution in [-0.4, -0.2) is 6.04 Å². The Morgan fingerprint density at radius 3 is 2.12 bits per heavy atom. The number of terminal acetylenes is 1. The third-order valence-electron chi connectivity index (χ3n) is 5.32.